The number of amides is 2. The molecule has 8 nitrogen and oxygen atoms in total. The van der Waals surface area contributed by atoms with Crippen molar-refractivity contribution in [2.24, 2.45) is 0 Å². The molecule has 3 rings (SSSR count). The van der Waals surface area contributed by atoms with Crippen molar-refractivity contribution in [3.8, 4) is 0 Å². The van der Waals surface area contributed by atoms with Crippen LogP contribution in [0.25, 0.3) is 0 Å². The van der Waals surface area contributed by atoms with E-state index in [-0.39, 0.29) is 30.3 Å². The van der Waals surface area contributed by atoms with Gasteiger partial charge in [0.05, 0.1) is 24.8 Å². The molecule has 2 aromatic heterocycles. The number of nitrogens with zero attached hydrogens (tertiary/aromatic N) is 5. The van der Waals surface area contributed by atoms with E-state index in [4.69, 9.17) is 0 Å². The predicted octanol–water partition coefficient (Wildman–Crippen LogP) is 0.151. The standard InChI is InChI=1S/C15H18N6O2/c1-20-14(23)9-12(15(20)11-3-2-5-16-10-11)18-13(22)4-7-21-8-6-17-19-21/h2-3,5-6,8,10,12,15H,4,7,9H2,1H3,(H,18,22)/t12-,15+/m1/s1. The number of carbonyl (C=O) groups is 2. The molecular formula is C15H18N6O2. The molecule has 8 heteroatoms. The third-order valence-electron chi connectivity index (χ3n) is 4.00. The van der Waals surface area contributed by atoms with E-state index in [2.05, 4.69) is 20.6 Å². The summed E-state index contributed by atoms with van der Waals surface area (Å²) in [5.74, 6) is -0.0945. The Balaban J connectivity index is 1.65. The zero-order chi connectivity index (χ0) is 16.2. The molecule has 0 radical (unpaired) electrons. The molecule has 0 spiro atoms. The van der Waals surface area contributed by atoms with Crippen LogP contribution in [0.1, 0.15) is 24.4 Å². The zero-order valence-corrected chi connectivity index (χ0v) is 12.8. The van der Waals surface area contributed by atoms with Gasteiger partial charge in [0.1, 0.15) is 0 Å². The number of likely N-dealkylation sites (N-methyl/N-ethyl adjacent to an activating group) is 1. The monoisotopic (exact) mass is 314 g/mol. The lowest BCUT2D eigenvalue weighted by Crippen LogP contribution is -2.39. The van der Waals surface area contributed by atoms with Crippen molar-refractivity contribution in [3.63, 3.8) is 0 Å². The van der Waals surface area contributed by atoms with Gasteiger partial charge in [-0.15, -0.1) is 5.10 Å². The molecule has 1 fully saturated rings. The molecule has 1 aliphatic heterocycles. The second kappa shape index (κ2) is 6.55. The van der Waals surface area contributed by atoms with E-state index < -0.39 is 0 Å². The first kappa shape index (κ1) is 15.1. The highest BCUT2D eigenvalue weighted by molar-refractivity contribution is 5.83. The molecule has 1 aliphatic rings. The highest BCUT2D eigenvalue weighted by Crippen LogP contribution is 2.31. The van der Waals surface area contributed by atoms with E-state index in [1.54, 1.807) is 41.4 Å². The summed E-state index contributed by atoms with van der Waals surface area (Å²) in [4.78, 5) is 30.0. The van der Waals surface area contributed by atoms with E-state index in [1.807, 2.05) is 12.1 Å². The van der Waals surface area contributed by atoms with Crippen LogP contribution >= 0.6 is 0 Å². The molecule has 0 aromatic carbocycles. The summed E-state index contributed by atoms with van der Waals surface area (Å²) in [5.41, 5.74) is 0.919. The lowest BCUT2D eigenvalue weighted by molar-refractivity contribution is -0.127. The Hall–Kier alpha value is -2.77. The SMILES string of the molecule is CN1C(=O)C[C@@H](NC(=O)CCn2ccnn2)[C@@H]1c1cccnc1. The van der Waals surface area contributed by atoms with Gasteiger partial charge in [-0.1, -0.05) is 11.3 Å². The fourth-order valence-corrected chi connectivity index (χ4v) is 2.85. The Morgan fingerprint density at radius 1 is 1.43 bits per heavy atom. The first-order chi connectivity index (χ1) is 11.1. The van der Waals surface area contributed by atoms with E-state index in [0.717, 1.165) is 5.56 Å². The Bertz CT molecular complexity index is 673. The van der Waals surface area contributed by atoms with Crippen molar-refractivity contribution >= 4 is 11.8 Å². The van der Waals surface area contributed by atoms with Gasteiger partial charge in [-0.2, -0.15) is 0 Å². The van der Waals surface area contributed by atoms with Crippen molar-refractivity contribution < 1.29 is 9.59 Å². The maximum atomic E-state index is 12.2. The average Bonchev–Trinajstić information content (AvgIpc) is 3.15. The Labute approximate surface area is 133 Å². The maximum Gasteiger partial charge on any atom is 0.225 e. The number of carbonyl (C=O) groups excluding carboxylic acids is 2. The number of pyridine rings is 1. The Morgan fingerprint density at radius 3 is 3.00 bits per heavy atom. The minimum Gasteiger partial charge on any atom is -0.350 e. The molecule has 2 aromatic rings. The largest absolute Gasteiger partial charge is 0.350 e. The maximum absolute atomic E-state index is 12.2. The van der Waals surface area contributed by atoms with Crippen LogP contribution in [-0.4, -0.2) is 49.8 Å². The van der Waals surface area contributed by atoms with Gasteiger partial charge < -0.3 is 10.2 Å². The minimum atomic E-state index is -0.250. The van der Waals surface area contributed by atoms with Gasteiger partial charge in [0, 0.05) is 38.5 Å². The third kappa shape index (κ3) is 3.36. The second-order valence-electron chi connectivity index (χ2n) is 5.53. The van der Waals surface area contributed by atoms with Crippen molar-refractivity contribution in [1.29, 1.82) is 0 Å². The molecule has 120 valence electrons. The summed E-state index contributed by atoms with van der Waals surface area (Å²) >= 11 is 0. The van der Waals surface area contributed by atoms with Crippen molar-refractivity contribution in [1.82, 2.24) is 30.2 Å². The number of aromatic nitrogens is 4. The predicted molar refractivity (Wildman–Crippen MR) is 80.9 cm³/mol. The van der Waals surface area contributed by atoms with Gasteiger partial charge in [-0.3, -0.25) is 19.3 Å². The van der Waals surface area contributed by atoms with Crippen LogP contribution in [-0.2, 0) is 16.1 Å². The van der Waals surface area contributed by atoms with E-state index in [0.29, 0.717) is 13.0 Å². The van der Waals surface area contributed by atoms with Gasteiger partial charge >= 0.3 is 0 Å². The topological polar surface area (TPSA) is 93.0 Å². The molecule has 0 bridgehead atoms. The zero-order valence-electron chi connectivity index (χ0n) is 12.8. The molecule has 2 atom stereocenters. The van der Waals surface area contributed by atoms with Gasteiger partial charge in [-0.05, 0) is 11.6 Å². The first-order valence-corrected chi connectivity index (χ1v) is 7.44. The van der Waals surface area contributed by atoms with E-state index in [1.165, 1.54) is 0 Å². The van der Waals surface area contributed by atoms with E-state index >= 15 is 0 Å². The molecule has 0 aliphatic carbocycles. The smallest absolute Gasteiger partial charge is 0.225 e. The molecule has 2 amide bonds. The lowest BCUT2D eigenvalue weighted by Gasteiger charge is -2.25. The summed E-state index contributed by atoms with van der Waals surface area (Å²) in [7, 11) is 1.75. The van der Waals surface area contributed by atoms with Crippen LogP contribution in [0.4, 0.5) is 0 Å². The van der Waals surface area contributed by atoms with Crippen molar-refractivity contribution in [3.05, 3.63) is 42.5 Å². The van der Waals surface area contributed by atoms with Gasteiger partial charge in [0.2, 0.25) is 11.8 Å². The second-order valence-corrected chi connectivity index (χ2v) is 5.53. The molecule has 0 saturated carbocycles. The molecule has 1 saturated heterocycles. The summed E-state index contributed by atoms with van der Waals surface area (Å²) in [5, 5.41) is 10.5. The number of nitrogens with one attached hydrogen (secondary N) is 1. The summed E-state index contributed by atoms with van der Waals surface area (Å²) < 4.78 is 1.60. The number of aryl methyl sites for hydroxylation is 1. The normalized spacial score (nSPS) is 20.7. The van der Waals surface area contributed by atoms with E-state index in [9.17, 15) is 9.59 Å². The van der Waals surface area contributed by atoms with Crippen LogP contribution in [0, 0.1) is 0 Å². The summed E-state index contributed by atoms with van der Waals surface area (Å²) in [6.07, 6.45) is 7.28. The highest BCUT2D eigenvalue weighted by Gasteiger charge is 2.39. The number of hydrogen-bond acceptors (Lipinski definition) is 5. The van der Waals surface area contributed by atoms with Crippen LogP contribution in [0.2, 0.25) is 0 Å². The molecule has 1 N–H and O–H groups in total. The van der Waals surface area contributed by atoms with Gasteiger partial charge in [0.25, 0.3) is 0 Å². The quantitative estimate of drug-likeness (QED) is 0.848. The fourth-order valence-electron chi connectivity index (χ4n) is 2.85. The Morgan fingerprint density at radius 2 is 2.30 bits per heavy atom. The van der Waals surface area contributed by atoms with Gasteiger partial charge in [0.15, 0.2) is 0 Å². The molecule has 3 heterocycles. The molecular weight excluding hydrogens is 296 g/mol. The van der Waals surface area contributed by atoms with Crippen LogP contribution < -0.4 is 5.32 Å². The summed E-state index contributed by atoms with van der Waals surface area (Å²) in [6.45, 7) is 0.458. The number of likely N-dealkylation sites (tertiary alicyclic amines) is 1. The minimum absolute atomic E-state index is 0.0143. The van der Waals surface area contributed by atoms with Crippen molar-refractivity contribution in [2.75, 3.05) is 7.05 Å². The first-order valence-electron chi connectivity index (χ1n) is 7.44. The van der Waals surface area contributed by atoms with Crippen LogP contribution in [0.5, 0.6) is 0 Å². The molecule has 0 unspecified atom stereocenters. The number of rotatable bonds is 5. The Kier molecular flexibility index (Phi) is 4.31. The third-order valence-corrected chi connectivity index (χ3v) is 4.00. The van der Waals surface area contributed by atoms with Crippen LogP contribution in [0.15, 0.2) is 36.9 Å². The highest BCUT2D eigenvalue weighted by atomic mass is 16.2. The fraction of sp³-hybridized carbons (Fsp3) is 0.400. The lowest BCUT2D eigenvalue weighted by atomic mass is 10.0. The average molecular weight is 314 g/mol. The van der Waals surface area contributed by atoms with Gasteiger partial charge in [-0.25, -0.2) is 0 Å². The van der Waals surface area contributed by atoms with Crippen molar-refractivity contribution in [2.45, 2.75) is 31.5 Å². The molecule has 23 heavy (non-hydrogen) atoms. The summed E-state index contributed by atoms with van der Waals surface area (Å²) in [6, 6.07) is 3.31. The number of hydrogen-bond donors (Lipinski definition) is 1. The van der Waals surface area contributed by atoms with Crippen LogP contribution in [0.3, 0.4) is 0 Å².